The predicted octanol–water partition coefficient (Wildman–Crippen LogP) is 5.14. The standard InChI is InChI=1S/C4H6Cl4NP/c1-3(2)4(5)9-10(6,7)8/h1-2H3. The van der Waals surface area contributed by atoms with Crippen LogP contribution >= 0.6 is 50.4 Å². The van der Waals surface area contributed by atoms with Gasteiger partial charge in [0.25, 0.3) is 0 Å². The minimum absolute atomic E-state index is 0.285. The third kappa shape index (κ3) is 5.88. The van der Waals surface area contributed by atoms with E-state index in [0.29, 0.717) is 0 Å². The molecule has 0 aromatic carbocycles. The van der Waals surface area contributed by atoms with Gasteiger partial charge < -0.3 is 0 Å². The molecule has 0 aromatic heterocycles. The Labute approximate surface area is 79.7 Å². The van der Waals surface area contributed by atoms with Crippen LogP contribution in [0.4, 0.5) is 0 Å². The van der Waals surface area contributed by atoms with Crippen molar-refractivity contribution >= 4 is 50.4 Å². The summed E-state index contributed by atoms with van der Waals surface area (Å²) in [6.45, 7) is 3.60. The van der Waals surface area contributed by atoms with Crippen LogP contribution in [0.25, 0.3) is 0 Å². The fourth-order valence-electron chi connectivity index (χ4n) is 0.200. The molecule has 6 heteroatoms. The SMILES string of the molecule is CC(C)=C(Cl)N=P(Cl)(Cl)Cl. The zero-order valence-electron chi connectivity index (χ0n) is 5.41. The highest BCUT2D eigenvalue weighted by molar-refractivity contribution is 8.26. The summed E-state index contributed by atoms with van der Waals surface area (Å²) in [6, 6.07) is 0. The van der Waals surface area contributed by atoms with Crippen molar-refractivity contribution in [3.63, 3.8) is 0 Å². The lowest BCUT2D eigenvalue weighted by atomic mass is 10.4. The van der Waals surface area contributed by atoms with Crippen molar-refractivity contribution < 1.29 is 0 Å². The van der Waals surface area contributed by atoms with Gasteiger partial charge in [0.2, 0.25) is 5.11 Å². The van der Waals surface area contributed by atoms with E-state index in [1.807, 2.05) is 0 Å². The quantitative estimate of drug-likeness (QED) is 0.445. The van der Waals surface area contributed by atoms with E-state index in [1.165, 1.54) is 0 Å². The second-order valence-electron chi connectivity index (χ2n) is 1.81. The molecule has 0 atom stereocenters. The van der Waals surface area contributed by atoms with E-state index in [9.17, 15) is 0 Å². The van der Waals surface area contributed by atoms with Gasteiger partial charge in [-0.3, -0.25) is 0 Å². The van der Waals surface area contributed by atoms with E-state index >= 15 is 0 Å². The first-order chi connectivity index (χ1) is 4.33. The van der Waals surface area contributed by atoms with E-state index in [0.717, 1.165) is 5.57 Å². The molecule has 60 valence electrons. The number of allylic oxidation sites excluding steroid dienone is 1. The second-order valence-corrected chi connectivity index (χ2v) is 9.16. The highest BCUT2D eigenvalue weighted by atomic mass is 36.0. The summed E-state index contributed by atoms with van der Waals surface area (Å²) < 4.78 is 3.66. The van der Waals surface area contributed by atoms with Crippen molar-refractivity contribution in [2.45, 2.75) is 13.8 Å². The van der Waals surface area contributed by atoms with Crippen molar-refractivity contribution in [3.8, 4) is 0 Å². The van der Waals surface area contributed by atoms with Crippen LogP contribution in [0, 0.1) is 0 Å². The monoisotopic (exact) mass is 239 g/mol. The van der Waals surface area contributed by atoms with Gasteiger partial charge in [-0.05, 0) is 53.1 Å². The molecular formula is C4H6Cl4NP. The average Bonchev–Trinajstić information content (AvgIpc) is 1.60. The molecule has 0 bridgehead atoms. The molecule has 0 unspecified atom stereocenters. The van der Waals surface area contributed by atoms with Crippen LogP contribution in [0.1, 0.15) is 13.8 Å². The van der Waals surface area contributed by atoms with Crippen LogP contribution in [0.15, 0.2) is 15.5 Å². The Kier molecular flexibility index (Phi) is 4.71. The zero-order valence-corrected chi connectivity index (χ0v) is 9.32. The van der Waals surface area contributed by atoms with Crippen molar-refractivity contribution in [3.05, 3.63) is 10.7 Å². The van der Waals surface area contributed by atoms with Crippen molar-refractivity contribution in [2.24, 2.45) is 4.74 Å². The van der Waals surface area contributed by atoms with Gasteiger partial charge in [0.05, 0.1) is 0 Å². The zero-order chi connectivity index (χ0) is 8.36. The third-order valence-electron chi connectivity index (χ3n) is 0.614. The smallest absolute Gasteiger partial charge is 0.211 e. The highest BCUT2D eigenvalue weighted by Crippen LogP contribution is 2.66. The normalized spacial score (nSPS) is 11.0. The van der Waals surface area contributed by atoms with Gasteiger partial charge in [0.1, 0.15) is 5.16 Å². The molecule has 0 aliphatic rings. The molecule has 0 radical (unpaired) electrons. The first-order valence-electron chi connectivity index (χ1n) is 2.37. The molecule has 0 rings (SSSR count). The van der Waals surface area contributed by atoms with Crippen molar-refractivity contribution in [1.29, 1.82) is 0 Å². The van der Waals surface area contributed by atoms with Crippen molar-refractivity contribution in [2.75, 3.05) is 0 Å². The van der Waals surface area contributed by atoms with Gasteiger partial charge >= 0.3 is 0 Å². The predicted molar refractivity (Wildman–Crippen MR) is 51.1 cm³/mol. The van der Waals surface area contributed by atoms with Gasteiger partial charge in [-0.2, -0.15) is 0 Å². The maximum absolute atomic E-state index is 5.59. The second kappa shape index (κ2) is 4.23. The molecule has 0 heterocycles. The Bertz CT molecular complexity index is 191. The maximum atomic E-state index is 5.59. The fourth-order valence-corrected chi connectivity index (χ4v) is 1.97. The molecule has 0 amide bonds. The minimum atomic E-state index is -2.67. The number of rotatable bonds is 1. The maximum Gasteiger partial charge on any atom is 0.230 e. The molecule has 0 saturated heterocycles. The summed E-state index contributed by atoms with van der Waals surface area (Å²) in [5.74, 6) is 0. The van der Waals surface area contributed by atoms with Crippen LogP contribution in [0.3, 0.4) is 0 Å². The summed E-state index contributed by atoms with van der Waals surface area (Å²) in [7, 11) is 0. The Morgan fingerprint density at radius 2 is 1.60 bits per heavy atom. The van der Waals surface area contributed by atoms with Crippen LogP contribution in [0.5, 0.6) is 0 Å². The van der Waals surface area contributed by atoms with Gasteiger partial charge in [0, 0.05) is 0 Å². The first kappa shape index (κ1) is 11.1. The molecule has 1 nitrogen and oxygen atoms in total. The lowest BCUT2D eigenvalue weighted by Crippen LogP contribution is -1.66. The van der Waals surface area contributed by atoms with E-state index < -0.39 is 5.11 Å². The average molecular weight is 241 g/mol. The highest BCUT2D eigenvalue weighted by Gasteiger charge is 2.06. The van der Waals surface area contributed by atoms with Gasteiger partial charge in [-0.25, -0.2) is 4.74 Å². The number of halogens is 4. The molecular weight excluding hydrogens is 235 g/mol. The summed E-state index contributed by atoms with van der Waals surface area (Å²) in [6.07, 6.45) is 0. The Balaban J connectivity index is 4.61. The number of hydrogen-bond donors (Lipinski definition) is 0. The summed E-state index contributed by atoms with van der Waals surface area (Å²) in [5.41, 5.74) is 0.841. The molecule has 0 spiro atoms. The molecule has 0 aliphatic heterocycles. The van der Waals surface area contributed by atoms with E-state index in [2.05, 4.69) is 4.74 Å². The summed E-state index contributed by atoms with van der Waals surface area (Å²) in [5, 5.41) is -2.39. The first-order valence-corrected chi connectivity index (χ1v) is 7.20. The molecule has 0 N–H and O–H groups in total. The van der Waals surface area contributed by atoms with Crippen molar-refractivity contribution in [1.82, 2.24) is 0 Å². The van der Waals surface area contributed by atoms with Crippen LogP contribution < -0.4 is 0 Å². The molecule has 0 fully saturated rings. The number of hydrogen-bond acceptors (Lipinski definition) is 1. The molecule has 0 aromatic rings. The molecule has 10 heavy (non-hydrogen) atoms. The van der Waals surface area contributed by atoms with Gasteiger partial charge in [0.15, 0.2) is 0 Å². The van der Waals surface area contributed by atoms with E-state index in [4.69, 9.17) is 45.3 Å². The Morgan fingerprint density at radius 3 is 1.70 bits per heavy atom. The largest absolute Gasteiger partial charge is 0.230 e. The summed E-state index contributed by atoms with van der Waals surface area (Å²) in [4.78, 5) is 0. The third-order valence-corrected chi connectivity index (χ3v) is 2.30. The number of nitrogens with zero attached hydrogens (tertiary/aromatic N) is 1. The molecule has 0 saturated carbocycles. The van der Waals surface area contributed by atoms with Gasteiger partial charge in [-0.1, -0.05) is 11.6 Å². The fraction of sp³-hybridized carbons (Fsp3) is 0.500. The van der Waals surface area contributed by atoms with Crippen LogP contribution in [-0.4, -0.2) is 0 Å². The summed E-state index contributed by atoms with van der Waals surface area (Å²) >= 11 is 21.9. The topological polar surface area (TPSA) is 12.4 Å². The van der Waals surface area contributed by atoms with Crippen LogP contribution in [-0.2, 0) is 0 Å². The molecule has 0 aliphatic carbocycles. The lowest BCUT2D eigenvalue weighted by molar-refractivity contribution is 1.32. The van der Waals surface area contributed by atoms with E-state index in [1.54, 1.807) is 13.8 Å². The Hall–Kier alpha value is 1.13. The van der Waals surface area contributed by atoms with Crippen LogP contribution in [0.2, 0.25) is 0 Å². The lowest BCUT2D eigenvalue weighted by Gasteiger charge is -1.97. The minimum Gasteiger partial charge on any atom is -0.211 e. The van der Waals surface area contributed by atoms with E-state index in [-0.39, 0.29) is 5.16 Å². The van der Waals surface area contributed by atoms with Gasteiger partial charge in [-0.15, -0.1) is 0 Å². The Morgan fingerprint density at radius 1 is 1.20 bits per heavy atom.